The van der Waals surface area contributed by atoms with Crippen LogP contribution in [0, 0.1) is 5.92 Å². The van der Waals surface area contributed by atoms with Crippen molar-refractivity contribution >= 4 is 0 Å². The van der Waals surface area contributed by atoms with Gasteiger partial charge in [-0.25, -0.2) is 0 Å². The van der Waals surface area contributed by atoms with E-state index in [-0.39, 0.29) is 11.5 Å². The Hall–Kier alpha value is -0.860. The molecule has 1 heterocycles. The van der Waals surface area contributed by atoms with E-state index in [0.717, 1.165) is 19.4 Å². The van der Waals surface area contributed by atoms with Crippen molar-refractivity contribution in [2.45, 2.75) is 45.1 Å². The fraction of sp³-hybridized carbons (Fsp3) is 0.625. The number of hydrogen-bond donors (Lipinski definition) is 1. The van der Waals surface area contributed by atoms with Crippen molar-refractivity contribution in [2.24, 2.45) is 5.92 Å². The number of aliphatic hydroxyl groups is 1. The third-order valence-electron chi connectivity index (χ3n) is 3.76. The molecule has 1 aliphatic heterocycles. The SMILES string of the molecule is CC(C)(C)c1cccc(CC2CCOCC2O)c1. The maximum atomic E-state index is 9.93. The highest BCUT2D eigenvalue weighted by Gasteiger charge is 2.24. The maximum absolute atomic E-state index is 9.93. The number of rotatable bonds is 2. The third kappa shape index (κ3) is 3.33. The van der Waals surface area contributed by atoms with Crippen molar-refractivity contribution in [3.05, 3.63) is 35.4 Å². The smallest absolute Gasteiger partial charge is 0.0805 e. The maximum Gasteiger partial charge on any atom is 0.0805 e. The van der Waals surface area contributed by atoms with Gasteiger partial charge in [-0.15, -0.1) is 0 Å². The molecule has 0 spiro atoms. The van der Waals surface area contributed by atoms with Crippen molar-refractivity contribution in [2.75, 3.05) is 13.2 Å². The quantitative estimate of drug-likeness (QED) is 0.872. The summed E-state index contributed by atoms with van der Waals surface area (Å²) in [6.07, 6.45) is 1.60. The molecule has 0 aliphatic carbocycles. The molecule has 100 valence electrons. The van der Waals surface area contributed by atoms with Gasteiger partial charge in [0.05, 0.1) is 12.7 Å². The molecular weight excluding hydrogens is 224 g/mol. The minimum Gasteiger partial charge on any atom is -0.390 e. The van der Waals surface area contributed by atoms with Crippen molar-refractivity contribution < 1.29 is 9.84 Å². The molecule has 1 aromatic carbocycles. The summed E-state index contributed by atoms with van der Waals surface area (Å²) < 4.78 is 5.28. The lowest BCUT2D eigenvalue weighted by Crippen LogP contribution is -2.33. The van der Waals surface area contributed by atoms with E-state index >= 15 is 0 Å². The van der Waals surface area contributed by atoms with E-state index in [1.165, 1.54) is 11.1 Å². The Labute approximate surface area is 110 Å². The summed E-state index contributed by atoms with van der Waals surface area (Å²) in [5.41, 5.74) is 2.87. The molecule has 1 aromatic rings. The fourth-order valence-electron chi connectivity index (χ4n) is 2.47. The van der Waals surface area contributed by atoms with Crippen LogP contribution in [0.15, 0.2) is 24.3 Å². The molecule has 1 fully saturated rings. The van der Waals surface area contributed by atoms with Gasteiger partial charge in [0.1, 0.15) is 0 Å². The summed E-state index contributed by atoms with van der Waals surface area (Å²) in [5.74, 6) is 0.342. The Bertz CT molecular complexity index is 392. The van der Waals surface area contributed by atoms with E-state index in [2.05, 4.69) is 45.0 Å². The van der Waals surface area contributed by atoms with Gasteiger partial charge in [-0.1, -0.05) is 45.0 Å². The summed E-state index contributed by atoms with van der Waals surface area (Å²) in [7, 11) is 0. The van der Waals surface area contributed by atoms with Crippen LogP contribution in [0.1, 0.15) is 38.3 Å². The van der Waals surface area contributed by atoms with Crippen LogP contribution in [0.5, 0.6) is 0 Å². The molecule has 2 atom stereocenters. The second-order valence-electron chi connectivity index (χ2n) is 6.35. The topological polar surface area (TPSA) is 29.5 Å². The van der Waals surface area contributed by atoms with Crippen molar-refractivity contribution in [1.82, 2.24) is 0 Å². The molecule has 1 saturated heterocycles. The fourth-order valence-corrected chi connectivity index (χ4v) is 2.47. The predicted molar refractivity (Wildman–Crippen MR) is 73.8 cm³/mol. The van der Waals surface area contributed by atoms with Crippen LogP contribution in [0.4, 0.5) is 0 Å². The first-order valence-corrected chi connectivity index (χ1v) is 6.82. The molecule has 1 N–H and O–H groups in total. The molecule has 0 saturated carbocycles. The van der Waals surface area contributed by atoms with E-state index in [4.69, 9.17) is 4.74 Å². The summed E-state index contributed by atoms with van der Waals surface area (Å²) in [5, 5.41) is 9.93. The normalized spacial score (nSPS) is 25.1. The van der Waals surface area contributed by atoms with Gasteiger partial charge in [0, 0.05) is 6.61 Å². The van der Waals surface area contributed by atoms with Crippen LogP contribution in [-0.4, -0.2) is 24.4 Å². The molecule has 18 heavy (non-hydrogen) atoms. The average molecular weight is 248 g/mol. The van der Waals surface area contributed by atoms with Gasteiger partial charge in [0.2, 0.25) is 0 Å². The summed E-state index contributed by atoms with van der Waals surface area (Å²) >= 11 is 0. The number of ether oxygens (including phenoxy) is 1. The molecule has 2 nitrogen and oxygen atoms in total. The first kappa shape index (κ1) is 13.6. The van der Waals surface area contributed by atoms with Crippen LogP contribution in [0.25, 0.3) is 0 Å². The van der Waals surface area contributed by atoms with Crippen LogP contribution in [0.2, 0.25) is 0 Å². The predicted octanol–water partition coefficient (Wildman–Crippen LogP) is 2.92. The Morgan fingerprint density at radius 1 is 1.33 bits per heavy atom. The first-order valence-electron chi connectivity index (χ1n) is 6.82. The van der Waals surface area contributed by atoms with Crippen LogP contribution in [-0.2, 0) is 16.6 Å². The summed E-state index contributed by atoms with van der Waals surface area (Å²) in [4.78, 5) is 0. The number of aliphatic hydroxyl groups excluding tert-OH is 1. The van der Waals surface area contributed by atoms with E-state index in [9.17, 15) is 5.11 Å². The van der Waals surface area contributed by atoms with Gasteiger partial charge >= 0.3 is 0 Å². The molecule has 2 heteroatoms. The van der Waals surface area contributed by atoms with Gasteiger partial charge < -0.3 is 9.84 Å². The average Bonchev–Trinajstić information content (AvgIpc) is 2.31. The summed E-state index contributed by atoms with van der Waals surface area (Å²) in [6.45, 7) is 7.96. The lowest BCUT2D eigenvalue weighted by Gasteiger charge is -2.28. The highest BCUT2D eigenvalue weighted by atomic mass is 16.5. The minimum atomic E-state index is -0.308. The third-order valence-corrected chi connectivity index (χ3v) is 3.76. The highest BCUT2D eigenvalue weighted by molar-refractivity contribution is 5.29. The van der Waals surface area contributed by atoms with Gasteiger partial charge in [0.15, 0.2) is 0 Å². The van der Waals surface area contributed by atoms with E-state index in [0.29, 0.717) is 12.5 Å². The van der Waals surface area contributed by atoms with Crippen LogP contribution < -0.4 is 0 Å². The lowest BCUT2D eigenvalue weighted by atomic mass is 9.84. The Balaban J connectivity index is 2.09. The van der Waals surface area contributed by atoms with Crippen molar-refractivity contribution in [3.63, 3.8) is 0 Å². The van der Waals surface area contributed by atoms with Gasteiger partial charge in [-0.05, 0) is 35.3 Å². The molecule has 2 rings (SSSR count). The van der Waals surface area contributed by atoms with Crippen LogP contribution >= 0.6 is 0 Å². The van der Waals surface area contributed by atoms with Crippen LogP contribution in [0.3, 0.4) is 0 Å². The molecule has 0 bridgehead atoms. The second kappa shape index (κ2) is 5.41. The van der Waals surface area contributed by atoms with Crippen molar-refractivity contribution in [1.29, 1.82) is 0 Å². The Kier molecular flexibility index (Phi) is 4.08. The van der Waals surface area contributed by atoms with Gasteiger partial charge in [0.25, 0.3) is 0 Å². The zero-order valence-electron chi connectivity index (χ0n) is 11.6. The molecule has 2 unspecified atom stereocenters. The number of benzene rings is 1. The molecular formula is C16H24O2. The van der Waals surface area contributed by atoms with Gasteiger partial charge in [-0.2, -0.15) is 0 Å². The zero-order valence-corrected chi connectivity index (χ0v) is 11.6. The van der Waals surface area contributed by atoms with E-state index < -0.39 is 0 Å². The minimum absolute atomic E-state index is 0.185. The zero-order chi connectivity index (χ0) is 13.2. The molecule has 0 amide bonds. The number of hydrogen-bond acceptors (Lipinski definition) is 2. The molecule has 0 radical (unpaired) electrons. The Morgan fingerprint density at radius 3 is 2.78 bits per heavy atom. The standard InChI is InChI=1S/C16H24O2/c1-16(2,3)14-6-4-5-12(10-14)9-13-7-8-18-11-15(13)17/h4-6,10,13,15,17H,7-9,11H2,1-3H3. The largest absolute Gasteiger partial charge is 0.390 e. The highest BCUT2D eigenvalue weighted by Crippen LogP contribution is 2.26. The molecule has 0 aromatic heterocycles. The van der Waals surface area contributed by atoms with E-state index in [1.54, 1.807) is 0 Å². The van der Waals surface area contributed by atoms with E-state index in [1.807, 2.05) is 0 Å². The monoisotopic (exact) mass is 248 g/mol. The summed E-state index contributed by atoms with van der Waals surface area (Å²) in [6, 6.07) is 8.76. The lowest BCUT2D eigenvalue weighted by molar-refractivity contribution is -0.0434. The Morgan fingerprint density at radius 2 is 2.11 bits per heavy atom. The van der Waals surface area contributed by atoms with Gasteiger partial charge in [-0.3, -0.25) is 0 Å². The second-order valence-corrected chi connectivity index (χ2v) is 6.35. The first-order chi connectivity index (χ1) is 8.47. The van der Waals surface area contributed by atoms with Crippen molar-refractivity contribution in [3.8, 4) is 0 Å². The molecule has 1 aliphatic rings.